The Morgan fingerprint density at radius 1 is 1.26 bits per heavy atom. The Kier molecular flexibility index (Phi) is 6.01. The van der Waals surface area contributed by atoms with Crippen molar-refractivity contribution in [3.8, 4) is 5.75 Å². The van der Waals surface area contributed by atoms with Crippen molar-refractivity contribution in [2.24, 2.45) is 5.73 Å². The topological polar surface area (TPSA) is 116 Å². The molecule has 0 saturated heterocycles. The normalized spacial score (nSPS) is 14.3. The van der Waals surface area contributed by atoms with Gasteiger partial charge in [0.05, 0.1) is 12.2 Å². The van der Waals surface area contributed by atoms with Gasteiger partial charge in [-0.15, -0.1) is 0 Å². The van der Waals surface area contributed by atoms with Crippen LogP contribution in [0.3, 0.4) is 0 Å². The molecule has 19 heavy (non-hydrogen) atoms. The Balaban J connectivity index is 2.41. The Bertz CT molecular complexity index is 431. The highest BCUT2D eigenvalue weighted by Gasteiger charge is 2.14. The summed E-state index contributed by atoms with van der Waals surface area (Å²) in [4.78, 5) is 11.4. The standard InChI is InChI=1S/C13H18N2O4/c14-7-11(17)12(18)8-15-13(19)6-3-9-1-4-10(16)5-2-9/h1-6,11-12,16-18H,7-8,14H2,(H,15,19)/t11-,12-/m0/s1. The van der Waals surface area contributed by atoms with Gasteiger partial charge in [0, 0.05) is 19.2 Å². The number of carbonyl (C=O) groups is 1. The van der Waals surface area contributed by atoms with Crippen molar-refractivity contribution in [3.63, 3.8) is 0 Å². The molecule has 2 atom stereocenters. The zero-order valence-corrected chi connectivity index (χ0v) is 10.4. The number of hydrogen-bond donors (Lipinski definition) is 5. The summed E-state index contributed by atoms with van der Waals surface area (Å²) in [5, 5.41) is 30.1. The van der Waals surface area contributed by atoms with Gasteiger partial charge in [-0.2, -0.15) is 0 Å². The average Bonchev–Trinajstić information content (AvgIpc) is 2.43. The van der Waals surface area contributed by atoms with Gasteiger partial charge in [-0.3, -0.25) is 4.79 Å². The van der Waals surface area contributed by atoms with E-state index in [4.69, 9.17) is 10.8 Å². The largest absolute Gasteiger partial charge is 0.508 e. The van der Waals surface area contributed by atoms with Gasteiger partial charge >= 0.3 is 0 Å². The molecule has 0 radical (unpaired) electrons. The van der Waals surface area contributed by atoms with Gasteiger partial charge in [0.15, 0.2) is 0 Å². The summed E-state index contributed by atoms with van der Waals surface area (Å²) >= 11 is 0. The van der Waals surface area contributed by atoms with Crippen molar-refractivity contribution in [2.45, 2.75) is 12.2 Å². The third kappa shape index (κ3) is 5.52. The van der Waals surface area contributed by atoms with Crippen molar-refractivity contribution in [3.05, 3.63) is 35.9 Å². The number of phenols is 1. The molecule has 0 aliphatic carbocycles. The van der Waals surface area contributed by atoms with Crippen molar-refractivity contribution in [1.29, 1.82) is 0 Å². The molecular weight excluding hydrogens is 248 g/mol. The summed E-state index contributed by atoms with van der Waals surface area (Å²) in [5.74, 6) is -0.239. The molecule has 6 heteroatoms. The number of hydrogen-bond acceptors (Lipinski definition) is 5. The average molecular weight is 266 g/mol. The lowest BCUT2D eigenvalue weighted by molar-refractivity contribution is -0.117. The van der Waals surface area contributed by atoms with E-state index in [0.717, 1.165) is 5.56 Å². The minimum Gasteiger partial charge on any atom is -0.508 e. The Morgan fingerprint density at radius 2 is 1.89 bits per heavy atom. The van der Waals surface area contributed by atoms with Crippen LogP contribution in [0.15, 0.2) is 30.3 Å². The molecule has 0 bridgehead atoms. The molecule has 1 amide bonds. The lowest BCUT2D eigenvalue weighted by Gasteiger charge is -2.15. The minimum absolute atomic E-state index is 0.0691. The zero-order valence-electron chi connectivity index (χ0n) is 10.4. The number of rotatable bonds is 6. The number of aromatic hydroxyl groups is 1. The van der Waals surface area contributed by atoms with E-state index in [9.17, 15) is 15.0 Å². The van der Waals surface area contributed by atoms with Crippen LogP contribution in [0, 0.1) is 0 Å². The Morgan fingerprint density at radius 3 is 2.47 bits per heavy atom. The highest BCUT2D eigenvalue weighted by Crippen LogP contribution is 2.10. The summed E-state index contributed by atoms with van der Waals surface area (Å²) in [6.45, 7) is -0.141. The monoisotopic (exact) mass is 266 g/mol. The molecule has 0 fully saturated rings. The maximum atomic E-state index is 11.4. The van der Waals surface area contributed by atoms with E-state index >= 15 is 0 Å². The van der Waals surface area contributed by atoms with E-state index in [-0.39, 0.29) is 18.8 Å². The molecule has 0 aromatic heterocycles. The van der Waals surface area contributed by atoms with Gasteiger partial charge in [-0.05, 0) is 23.8 Å². The van der Waals surface area contributed by atoms with Gasteiger partial charge in [-0.1, -0.05) is 12.1 Å². The van der Waals surface area contributed by atoms with Crippen LogP contribution in [0.1, 0.15) is 5.56 Å². The lowest BCUT2D eigenvalue weighted by Crippen LogP contribution is -2.41. The van der Waals surface area contributed by atoms with Crippen molar-refractivity contribution >= 4 is 12.0 Å². The second-order valence-corrected chi connectivity index (χ2v) is 4.04. The van der Waals surface area contributed by atoms with Crippen LogP contribution in [-0.4, -0.2) is 46.5 Å². The van der Waals surface area contributed by atoms with Gasteiger partial charge in [0.2, 0.25) is 5.91 Å². The molecule has 6 nitrogen and oxygen atoms in total. The Labute approximate surface area is 111 Å². The second kappa shape index (κ2) is 7.52. The van der Waals surface area contributed by atoms with E-state index in [1.807, 2.05) is 0 Å². The van der Waals surface area contributed by atoms with Crippen LogP contribution in [0.2, 0.25) is 0 Å². The molecule has 6 N–H and O–H groups in total. The smallest absolute Gasteiger partial charge is 0.244 e. The molecule has 1 aromatic carbocycles. The van der Waals surface area contributed by atoms with E-state index < -0.39 is 18.1 Å². The predicted octanol–water partition coefficient (Wildman–Crippen LogP) is -0.798. The van der Waals surface area contributed by atoms with Crippen LogP contribution in [0.5, 0.6) is 5.75 Å². The molecule has 104 valence electrons. The molecule has 0 saturated carbocycles. The van der Waals surface area contributed by atoms with E-state index in [1.54, 1.807) is 18.2 Å². The molecule has 1 rings (SSSR count). The van der Waals surface area contributed by atoms with Crippen LogP contribution in [-0.2, 0) is 4.79 Å². The van der Waals surface area contributed by atoms with Crippen molar-refractivity contribution in [1.82, 2.24) is 5.32 Å². The molecule has 0 spiro atoms. The first-order chi connectivity index (χ1) is 9.02. The summed E-state index contributed by atoms with van der Waals surface area (Å²) < 4.78 is 0. The predicted molar refractivity (Wildman–Crippen MR) is 71.2 cm³/mol. The van der Waals surface area contributed by atoms with Gasteiger partial charge < -0.3 is 26.4 Å². The number of amides is 1. The fourth-order valence-electron chi connectivity index (χ4n) is 1.31. The van der Waals surface area contributed by atoms with Crippen LogP contribution in [0.4, 0.5) is 0 Å². The number of aliphatic hydroxyl groups is 2. The minimum atomic E-state index is -1.09. The SMILES string of the molecule is NC[C@H](O)[C@@H](O)CNC(=O)C=Cc1ccc(O)cc1. The highest BCUT2D eigenvalue weighted by molar-refractivity contribution is 5.91. The fourth-order valence-corrected chi connectivity index (χ4v) is 1.31. The first kappa shape index (κ1) is 15.2. The van der Waals surface area contributed by atoms with Crippen molar-refractivity contribution < 1.29 is 20.1 Å². The van der Waals surface area contributed by atoms with Crippen molar-refractivity contribution in [2.75, 3.05) is 13.1 Å². The first-order valence-electron chi connectivity index (χ1n) is 5.84. The summed E-state index contributed by atoms with van der Waals surface area (Å²) in [5.41, 5.74) is 5.93. The van der Waals surface area contributed by atoms with E-state index in [0.29, 0.717) is 0 Å². The van der Waals surface area contributed by atoms with Gasteiger partial charge in [0.25, 0.3) is 0 Å². The molecule has 1 aromatic rings. The number of phenolic OH excluding ortho intramolecular Hbond substituents is 1. The highest BCUT2D eigenvalue weighted by atomic mass is 16.3. The van der Waals surface area contributed by atoms with Gasteiger partial charge in [0.1, 0.15) is 5.75 Å². The maximum absolute atomic E-state index is 11.4. The number of aliphatic hydroxyl groups excluding tert-OH is 2. The van der Waals surface area contributed by atoms with Gasteiger partial charge in [-0.25, -0.2) is 0 Å². The first-order valence-corrected chi connectivity index (χ1v) is 5.84. The third-order valence-electron chi connectivity index (χ3n) is 2.49. The molecule has 0 heterocycles. The summed E-state index contributed by atoms with van der Waals surface area (Å²) in [6, 6.07) is 6.34. The zero-order chi connectivity index (χ0) is 14.3. The van der Waals surface area contributed by atoms with Crippen LogP contribution < -0.4 is 11.1 Å². The summed E-state index contributed by atoms with van der Waals surface area (Å²) in [7, 11) is 0. The van der Waals surface area contributed by atoms with E-state index in [1.165, 1.54) is 18.2 Å². The molecule has 0 aliphatic heterocycles. The molecule has 0 unspecified atom stereocenters. The van der Waals surface area contributed by atoms with Crippen LogP contribution >= 0.6 is 0 Å². The maximum Gasteiger partial charge on any atom is 0.244 e. The quantitative estimate of drug-likeness (QED) is 0.432. The fraction of sp³-hybridized carbons (Fsp3) is 0.308. The summed E-state index contributed by atoms with van der Waals surface area (Å²) in [6.07, 6.45) is 0.728. The number of nitrogens with one attached hydrogen (secondary N) is 1. The second-order valence-electron chi connectivity index (χ2n) is 4.04. The van der Waals surface area contributed by atoms with Crippen LogP contribution in [0.25, 0.3) is 6.08 Å². The molecular formula is C13H18N2O4. The van der Waals surface area contributed by atoms with E-state index in [2.05, 4.69) is 5.32 Å². The number of nitrogens with two attached hydrogens (primary N) is 1. The molecule has 0 aliphatic rings. The lowest BCUT2D eigenvalue weighted by atomic mass is 10.2. The Hall–Kier alpha value is -1.89. The third-order valence-corrected chi connectivity index (χ3v) is 2.49. The number of benzene rings is 1. The number of carbonyl (C=O) groups excluding carboxylic acids is 1.